The van der Waals surface area contributed by atoms with Crippen LogP contribution in [0.2, 0.25) is 5.02 Å². The molecule has 1 heterocycles. The Balaban J connectivity index is 2.10. The highest BCUT2D eigenvalue weighted by atomic mass is 35.5. The van der Waals surface area contributed by atoms with Gasteiger partial charge in [-0.15, -0.1) is 5.10 Å². The summed E-state index contributed by atoms with van der Waals surface area (Å²) in [4.78, 5) is 15.3. The predicted octanol–water partition coefficient (Wildman–Crippen LogP) is 1.95. The van der Waals surface area contributed by atoms with Crippen molar-refractivity contribution in [3.8, 4) is 11.4 Å². The number of benzene rings is 1. The first-order valence-corrected chi connectivity index (χ1v) is 6.16. The predicted molar refractivity (Wildman–Crippen MR) is 73.6 cm³/mol. The Kier molecular flexibility index (Phi) is 4.49. The molecular formula is C13H12ClN3O3. The SMILES string of the molecule is CC(O)OC(=O)C=Cn1cnc(-c2cccc(Cl)c2)n1. The third kappa shape index (κ3) is 3.91. The van der Waals surface area contributed by atoms with Crippen LogP contribution in [0.4, 0.5) is 0 Å². The molecule has 20 heavy (non-hydrogen) atoms. The highest BCUT2D eigenvalue weighted by Gasteiger charge is 2.04. The zero-order valence-corrected chi connectivity index (χ0v) is 11.4. The van der Waals surface area contributed by atoms with Gasteiger partial charge in [0.25, 0.3) is 0 Å². The van der Waals surface area contributed by atoms with Crippen molar-refractivity contribution in [1.29, 1.82) is 0 Å². The van der Waals surface area contributed by atoms with Crippen LogP contribution in [-0.2, 0) is 9.53 Å². The summed E-state index contributed by atoms with van der Waals surface area (Å²) < 4.78 is 5.89. The van der Waals surface area contributed by atoms with E-state index in [1.807, 2.05) is 6.07 Å². The number of halogens is 1. The van der Waals surface area contributed by atoms with E-state index in [1.54, 1.807) is 18.2 Å². The molecule has 2 rings (SSSR count). The number of hydrogen-bond acceptors (Lipinski definition) is 5. The second kappa shape index (κ2) is 6.31. The van der Waals surface area contributed by atoms with Crippen molar-refractivity contribution in [2.45, 2.75) is 13.2 Å². The number of carbonyl (C=O) groups is 1. The van der Waals surface area contributed by atoms with Gasteiger partial charge in [-0.1, -0.05) is 23.7 Å². The maximum Gasteiger partial charge on any atom is 0.334 e. The van der Waals surface area contributed by atoms with Crippen LogP contribution in [0.25, 0.3) is 17.6 Å². The molecule has 0 amide bonds. The van der Waals surface area contributed by atoms with Gasteiger partial charge in [0, 0.05) is 22.9 Å². The van der Waals surface area contributed by atoms with Gasteiger partial charge in [-0.3, -0.25) is 0 Å². The molecule has 1 N–H and O–H groups in total. The van der Waals surface area contributed by atoms with Gasteiger partial charge >= 0.3 is 5.97 Å². The van der Waals surface area contributed by atoms with E-state index >= 15 is 0 Å². The van der Waals surface area contributed by atoms with Crippen LogP contribution in [0.5, 0.6) is 0 Å². The van der Waals surface area contributed by atoms with E-state index in [-0.39, 0.29) is 0 Å². The summed E-state index contributed by atoms with van der Waals surface area (Å²) in [5.74, 6) is -0.180. The van der Waals surface area contributed by atoms with Crippen molar-refractivity contribution in [1.82, 2.24) is 14.8 Å². The van der Waals surface area contributed by atoms with Crippen LogP contribution < -0.4 is 0 Å². The Morgan fingerprint density at radius 1 is 1.55 bits per heavy atom. The number of aliphatic hydroxyl groups excluding tert-OH is 1. The van der Waals surface area contributed by atoms with Crippen LogP contribution in [0.3, 0.4) is 0 Å². The topological polar surface area (TPSA) is 77.2 Å². The molecule has 0 radical (unpaired) electrons. The maximum absolute atomic E-state index is 11.2. The fourth-order valence-electron chi connectivity index (χ4n) is 1.45. The number of aliphatic hydroxyl groups is 1. The average Bonchev–Trinajstić information content (AvgIpc) is 2.84. The lowest BCUT2D eigenvalue weighted by Crippen LogP contribution is -2.11. The molecule has 104 valence electrons. The number of hydrogen-bond donors (Lipinski definition) is 1. The van der Waals surface area contributed by atoms with Crippen LogP contribution in [-0.4, -0.2) is 32.1 Å². The average molecular weight is 294 g/mol. The number of carbonyl (C=O) groups excluding carboxylic acids is 1. The molecule has 0 aliphatic heterocycles. The van der Waals surface area contributed by atoms with Crippen LogP contribution in [0, 0.1) is 0 Å². The minimum absolute atomic E-state index is 0.487. The summed E-state index contributed by atoms with van der Waals surface area (Å²) in [7, 11) is 0. The maximum atomic E-state index is 11.2. The molecule has 0 spiro atoms. The first-order chi connectivity index (χ1) is 9.54. The molecule has 0 saturated carbocycles. The quantitative estimate of drug-likeness (QED) is 0.530. The minimum Gasteiger partial charge on any atom is -0.433 e. The lowest BCUT2D eigenvalue weighted by Gasteiger charge is -2.02. The lowest BCUT2D eigenvalue weighted by atomic mass is 10.2. The number of nitrogens with zero attached hydrogens (tertiary/aromatic N) is 3. The molecule has 2 aromatic rings. The van der Waals surface area contributed by atoms with Crippen LogP contribution >= 0.6 is 11.6 Å². The third-order valence-electron chi connectivity index (χ3n) is 2.24. The summed E-state index contributed by atoms with van der Waals surface area (Å²) in [6, 6.07) is 7.13. The summed E-state index contributed by atoms with van der Waals surface area (Å²) in [5, 5.41) is 13.6. The molecule has 1 unspecified atom stereocenters. The number of rotatable bonds is 4. The Labute approximate surface area is 120 Å². The van der Waals surface area contributed by atoms with E-state index in [1.165, 1.54) is 24.1 Å². The van der Waals surface area contributed by atoms with Crippen molar-refractivity contribution < 1.29 is 14.6 Å². The molecule has 0 aliphatic carbocycles. The lowest BCUT2D eigenvalue weighted by molar-refractivity contribution is -0.158. The molecule has 0 aliphatic rings. The monoisotopic (exact) mass is 293 g/mol. The largest absolute Gasteiger partial charge is 0.433 e. The fraction of sp³-hybridized carbons (Fsp3) is 0.154. The van der Waals surface area contributed by atoms with E-state index in [2.05, 4.69) is 14.8 Å². The van der Waals surface area contributed by atoms with Crippen molar-refractivity contribution in [3.63, 3.8) is 0 Å². The van der Waals surface area contributed by atoms with Crippen molar-refractivity contribution >= 4 is 23.8 Å². The fourth-order valence-corrected chi connectivity index (χ4v) is 1.64. The third-order valence-corrected chi connectivity index (χ3v) is 2.48. The zero-order valence-electron chi connectivity index (χ0n) is 10.6. The first-order valence-electron chi connectivity index (χ1n) is 5.78. The molecule has 1 aromatic heterocycles. The summed E-state index contributed by atoms with van der Waals surface area (Å²) in [6.45, 7) is 1.35. The molecule has 0 saturated heterocycles. The Morgan fingerprint density at radius 3 is 3.05 bits per heavy atom. The second-order valence-corrected chi connectivity index (χ2v) is 4.35. The standard InChI is InChI=1S/C13H12ClN3O3/c1-9(18)20-12(19)5-6-17-8-15-13(16-17)10-3-2-4-11(14)7-10/h2-9,18H,1H3. The summed E-state index contributed by atoms with van der Waals surface area (Å²) >= 11 is 5.89. The second-order valence-electron chi connectivity index (χ2n) is 3.91. The highest BCUT2D eigenvalue weighted by Crippen LogP contribution is 2.18. The van der Waals surface area contributed by atoms with E-state index in [0.29, 0.717) is 10.8 Å². The van der Waals surface area contributed by atoms with Gasteiger partial charge in [0.05, 0.1) is 0 Å². The Bertz CT molecular complexity index is 637. The zero-order chi connectivity index (χ0) is 14.5. The van der Waals surface area contributed by atoms with Gasteiger partial charge in [-0.25, -0.2) is 14.5 Å². The van der Waals surface area contributed by atoms with Crippen LogP contribution in [0.15, 0.2) is 36.7 Å². The molecule has 1 aromatic carbocycles. The molecule has 6 nitrogen and oxygen atoms in total. The van der Waals surface area contributed by atoms with Crippen LogP contribution in [0.1, 0.15) is 6.92 Å². The molecule has 0 fully saturated rings. The van der Waals surface area contributed by atoms with Gasteiger partial charge in [-0.05, 0) is 19.1 Å². The van der Waals surface area contributed by atoms with E-state index in [9.17, 15) is 4.79 Å². The van der Waals surface area contributed by atoms with Gasteiger partial charge in [-0.2, -0.15) is 0 Å². The van der Waals surface area contributed by atoms with E-state index < -0.39 is 12.3 Å². The van der Waals surface area contributed by atoms with E-state index in [4.69, 9.17) is 16.7 Å². The van der Waals surface area contributed by atoms with Crippen molar-refractivity contribution in [3.05, 3.63) is 41.7 Å². The Hall–Kier alpha value is -2.18. The first kappa shape index (κ1) is 14.2. The number of ether oxygens (including phenoxy) is 1. The van der Waals surface area contributed by atoms with Gasteiger partial charge in [0.15, 0.2) is 12.1 Å². The molecule has 7 heteroatoms. The van der Waals surface area contributed by atoms with E-state index in [0.717, 1.165) is 11.6 Å². The Morgan fingerprint density at radius 2 is 2.35 bits per heavy atom. The summed E-state index contributed by atoms with van der Waals surface area (Å²) in [6.07, 6.45) is 2.82. The number of esters is 1. The highest BCUT2D eigenvalue weighted by molar-refractivity contribution is 6.30. The molecule has 0 bridgehead atoms. The van der Waals surface area contributed by atoms with Crippen molar-refractivity contribution in [2.75, 3.05) is 0 Å². The van der Waals surface area contributed by atoms with Gasteiger partial charge in [0.2, 0.25) is 0 Å². The van der Waals surface area contributed by atoms with Gasteiger partial charge < -0.3 is 9.84 Å². The molecule has 1 atom stereocenters. The normalized spacial score (nSPS) is 12.6. The van der Waals surface area contributed by atoms with Gasteiger partial charge in [0.1, 0.15) is 6.33 Å². The van der Waals surface area contributed by atoms with Crippen molar-refractivity contribution in [2.24, 2.45) is 0 Å². The summed E-state index contributed by atoms with van der Waals surface area (Å²) in [5.41, 5.74) is 0.774. The number of aromatic nitrogens is 3. The minimum atomic E-state index is -1.15. The smallest absolute Gasteiger partial charge is 0.334 e. The molecular weight excluding hydrogens is 282 g/mol.